The number of hydrogen-bond donors (Lipinski definition) is 0. The van der Waals surface area contributed by atoms with Crippen LogP contribution in [0.1, 0.15) is 57.9 Å². The Morgan fingerprint density at radius 1 is 1.00 bits per heavy atom. The first-order valence-electron chi connectivity index (χ1n) is 12.2. The van der Waals surface area contributed by atoms with Gasteiger partial charge in [0.05, 0.1) is 17.3 Å². The van der Waals surface area contributed by atoms with E-state index in [-0.39, 0.29) is 0 Å². The molecule has 0 saturated carbocycles. The second kappa shape index (κ2) is 13.6. The van der Waals surface area contributed by atoms with E-state index < -0.39 is 0 Å². The first kappa shape index (κ1) is 24.7. The van der Waals surface area contributed by atoms with Crippen LogP contribution in [0.5, 0.6) is 5.75 Å². The van der Waals surface area contributed by atoms with Gasteiger partial charge in [-0.1, -0.05) is 74.9 Å². The molecule has 0 bridgehead atoms. The lowest BCUT2D eigenvalue weighted by Gasteiger charge is -2.12. The standard InChI is InChI=1S/C30H37NO2/c1-4-6-10-22-32-24(3)11-8-7-9-12-25-13-15-26(16-14-25)29-19-17-27-23-28(33-21-5-2)18-20-30(27)31-29/h5,9,12-20,23-24H,2,4,6-8,10-11,21-22H2,1,3H3. The van der Waals surface area contributed by atoms with Gasteiger partial charge in [0, 0.05) is 17.6 Å². The van der Waals surface area contributed by atoms with Crippen molar-refractivity contribution in [2.24, 2.45) is 0 Å². The molecule has 1 aromatic heterocycles. The highest BCUT2D eigenvalue weighted by Crippen LogP contribution is 2.24. The van der Waals surface area contributed by atoms with Crippen molar-refractivity contribution in [3.8, 4) is 17.0 Å². The Morgan fingerprint density at radius 3 is 2.64 bits per heavy atom. The Balaban J connectivity index is 1.49. The lowest BCUT2D eigenvalue weighted by Crippen LogP contribution is -2.08. The van der Waals surface area contributed by atoms with E-state index in [4.69, 9.17) is 14.5 Å². The molecular formula is C30H37NO2. The lowest BCUT2D eigenvalue weighted by atomic mass is 10.1. The molecule has 174 valence electrons. The number of nitrogens with zero attached hydrogens (tertiary/aromatic N) is 1. The van der Waals surface area contributed by atoms with E-state index >= 15 is 0 Å². The van der Waals surface area contributed by atoms with Gasteiger partial charge in [-0.15, -0.1) is 0 Å². The van der Waals surface area contributed by atoms with Crippen molar-refractivity contribution in [3.63, 3.8) is 0 Å². The number of allylic oxidation sites excluding steroid dienone is 1. The Morgan fingerprint density at radius 2 is 1.85 bits per heavy atom. The summed E-state index contributed by atoms with van der Waals surface area (Å²) < 4.78 is 11.5. The molecule has 0 aliphatic carbocycles. The molecule has 0 saturated heterocycles. The average Bonchev–Trinajstić information content (AvgIpc) is 2.85. The van der Waals surface area contributed by atoms with Crippen LogP contribution in [0.2, 0.25) is 0 Å². The second-order valence-electron chi connectivity index (χ2n) is 8.49. The highest BCUT2D eigenvalue weighted by atomic mass is 16.5. The minimum absolute atomic E-state index is 0.357. The van der Waals surface area contributed by atoms with E-state index in [1.807, 2.05) is 18.2 Å². The third-order valence-electron chi connectivity index (χ3n) is 5.68. The number of pyridine rings is 1. The van der Waals surface area contributed by atoms with Gasteiger partial charge in [-0.2, -0.15) is 0 Å². The van der Waals surface area contributed by atoms with Gasteiger partial charge in [0.2, 0.25) is 0 Å². The van der Waals surface area contributed by atoms with Crippen molar-refractivity contribution >= 4 is 17.0 Å². The SMILES string of the molecule is C=CCOc1ccc2nc(-c3ccc(C=CCCCC(C)OCCCCC)cc3)ccc2c1. The Bertz CT molecular complexity index is 1020. The van der Waals surface area contributed by atoms with E-state index in [9.17, 15) is 0 Å². The summed E-state index contributed by atoms with van der Waals surface area (Å²) in [5.74, 6) is 0.835. The van der Waals surface area contributed by atoms with Crippen LogP contribution in [-0.4, -0.2) is 24.3 Å². The van der Waals surface area contributed by atoms with Crippen LogP contribution in [-0.2, 0) is 4.74 Å². The summed E-state index contributed by atoms with van der Waals surface area (Å²) in [6, 6.07) is 18.7. The van der Waals surface area contributed by atoms with Crippen molar-refractivity contribution in [1.82, 2.24) is 4.98 Å². The van der Waals surface area contributed by atoms with Crippen LogP contribution in [0.4, 0.5) is 0 Å². The molecule has 0 amide bonds. The molecule has 3 nitrogen and oxygen atoms in total. The number of hydrogen-bond acceptors (Lipinski definition) is 3. The van der Waals surface area contributed by atoms with Crippen LogP contribution >= 0.6 is 0 Å². The van der Waals surface area contributed by atoms with Gasteiger partial charge in [0.15, 0.2) is 0 Å². The van der Waals surface area contributed by atoms with Gasteiger partial charge in [-0.3, -0.25) is 0 Å². The van der Waals surface area contributed by atoms with E-state index in [1.165, 1.54) is 24.8 Å². The first-order chi connectivity index (χ1) is 16.2. The zero-order chi connectivity index (χ0) is 23.3. The lowest BCUT2D eigenvalue weighted by molar-refractivity contribution is 0.0566. The molecule has 3 aromatic rings. The summed E-state index contributed by atoms with van der Waals surface area (Å²) in [4.78, 5) is 4.83. The fourth-order valence-electron chi connectivity index (χ4n) is 3.74. The normalized spacial score (nSPS) is 12.3. The fourth-order valence-corrected chi connectivity index (χ4v) is 3.74. The van der Waals surface area contributed by atoms with Crippen molar-refractivity contribution in [2.75, 3.05) is 13.2 Å². The minimum Gasteiger partial charge on any atom is -0.490 e. The van der Waals surface area contributed by atoms with E-state index in [0.29, 0.717) is 12.7 Å². The number of unbranched alkanes of at least 4 members (excludes halogenated alkanes) is 3. The van der Waals surface area contributed by atoms with Crippen LogP contribution in [0.15, 0.2) is 73.3 Å². The fraction of sp³-hybridized carbons (Fsp3) is 0.367. The van der Waals surface area contributed by atoms with Crippen molar-refractivity contribution in [3.05, 3.63) is 78.9 Å². The third-order valence-corrected chi connectivity index (χ3v) is 5.68. The van der Waals surface area contributed by atoms with Crippen LogP contribution in [0, 0.1) is 0 Å². The molecule has 0 N–H and O–H groups in total. The van der Waals surface area contributed by atoms with Crippen LogP contribution in [0.3, 0.4) is 0 Å². The van der Waals surface area contributed by atoms with E-state index in [1.54, 1.807) is 6.08 Å². The highest BCUT2D eigenvalue weighted by molar-refractivity contribution is 5.83. The zero-order valence-corrected chi connectivity index (χ0v) is 20.1. The number of benzene rings is 2. The topological polar surface area (TPSA) is 31.4 Å². The molecule has 2 aromatic carbocycles. The minimum atomic E-state index is 0.357. The first-order valence-corrected chi connectivity index (χ1v) is 12.2. The van der Waals surface area contributed by atoms with Gasteiger partial charge in [0.1, 0.15) is 12.4 Å². The molecular weight excluding hydrogens is 406 g/mol. The summed E-state index contributed by atoms with van der Waals surface area (Å²) in [7, 11) is 0. The molecule has 3 heteroatoms. The predicted octanol–water partition coefficient (Wildman–Crippen LogP) is 8.25. The van der Waals surface area contributed by atoms with Gasteiger partial charge in [-0.25, -0.2) is 4.98 Å². The van der Waals surface area contributed by atoms with Crippen LogP contribution in [0.25, 0.3) is 28.2 Å². The number of fused-ring (bicyclic) bond motifs is 1. The molecule has 1 heterocycles. The number of aromatic nitrogens is 1. The third kappa shape index (κ3) is 8.18. The maximum Gasteiger partial charge on any atom is 0.120 e. The highest BCUT2D eigenvalue weighted by Gasteiger charge is 2.04. The summed E-state index contributed by atoms with van der Waals surface area (Å²) in [5, 5.41) is 1.07. The molecule has 0 radical (unpaired) electrons. The Hall–Kier alpha value is -2.91. The van der Waals surface area contributed by atoms with E-state index in [0.717, 1.165) is 53.8 Å². The van der Waals surface area contributed by atoms with Crippen molar-refractivity contribution in [2.45, 2.75) is 58.5 Å². The number of rotatable bonds is 14. The summed E-state index contributed by atoms with van der Waals surface area (Å²) in [6.07, 6.45) is 13.6. The second-order valence-corrected chi connectivity index (χ2v) is 8.49. The van der Waals surface area contributed by atoms with Crippen LogP contribution < -0.4 is 4.74 Å². The Kier molecular flexibility index (Phi) is 10.2. The maximum absolute atomic E-state index is 5.87. The molecule has 3 rings (SSSR count). The molecule has 33 heavy (non-hydrogen) atoms. The summed E-state index contributed by atoms with van der Waals surface area (Å²) >= 11 is 0. The molecule has 1 unspecified atom stereocenters. The molecule has 0 aliphatic rings. The monoisotopic (exact) mass is 443 g/mol. The number of ether oxygens (including phenoxy) is 2. The average molecular weight is 444 g/mol. The van der Waals surface area contributed by atoms with Gasteiger partial charge in [0.25, 0.3) is 0 Å². The van der Waals surface area contributed by atoms with Crippen molar-refractivity contribution in [1.29, 1.82) is 0 Å². The summed E-state index contributed by atoms with van der Waals surface area (Å²) in [5.41, 5.74) is 4.28. The van der Waals surface area contributed by atoms with Gasteiger partial charge in [-0.05, 0) is 62.4 Å². The molecule has 0 fully saturated rings. The largest absolute Gasteiger partial charge is 0.490 e. The quantitative estimate of drug-likeness (QED) is 0.186. The van der Waals surface area contributed by atoms with Gasteiger partial charge < -0.3 is 9.47 Å². The van der Waals surface area contributed by atoms with Gasteiger partial charge >= 0.3 is 0 Å². The molecule has 0 spiro atoms. The summed E-state index contributed by atoms with van der Waals surface area (Å²) in [6.45, 7) is 9.50. The predicted molar refractivity (Wildman–Crippen MR) is 141 cm³/mol. The molecule has 1 atom stereocenters. The Labute approximate surface area is 199 Å². The zero-order valence-electron chi connectivity index (χ0n) is 20.1. The smallest absolute Gasteiger partial charge is 0.120 e. The van der Waals surface area contributed by atoms with E-state index in [2.05, 4.69) is 69.0 Å². The molecule has 0 aliphatic heterocycles. The maximum atomic E-state index is 5.87. The van der Waals surface area contributed by atoms with Crippen molar-refractivity contribution < 1.29 is 9.47 Å².